The Morgan fingerprint density at radius 3 is 2.19 bits per heavy atom. The van der Waals surface area contributed by atoms with Crippen molar-refractivity contribution in [2.24, 2.45) is 0 Å². The van der Waals surface area contributed by atoms with E-state index in [2.05, 4.69) is 5.32 Å². The van der Waals surface area contributed by atoms with E-state index in [1.165, 1.54) is 12.1 Å². The number of hydrogen-bond donors (Lipinski definition) is 1. The lowest BCUT2D eigenvalue weighted by Crippen LogP contribution is -2.21. The molecule has 0 saturated carbocycles. The molecule has 0 heterocycles. The molecule has 6 heteroatoms. The zero-order chi connectivity index (χ0) is 19.2. The van der Waals surface area contributed by atoms with Gasteiger partial charge in [-0.3, -0.25) is 9.59 Å². The van der Waals surface area contributed by atoms with Crippen LogP contribution in [0.2, 0.25) is 10.0 Å². The maximum absolute atomic E-state index is 12.8. The normalized spacial score (nSPS) is 10.3. The highest BCUT2D eigenvalue weighted by molar-refractivity contribution is 6.36. The first kappa shape index (κ1) is 19.0. The molecule has 0 aliphatic carbocycles. The number of carbonyl (C=O) groups is 2. The molecule has 0 aromatic heterocycles. The highest BCUT2D eigenvalue weighted by atomic mass is 35.5. The molecule has 3 rings (SSSR count). The van der Waals surface area contributed by atoms with Gasteiger partial charge in [-0.15, -0.1) is 0 Å². The van der Waals surface area contributed by atoms with Gasteiger partial charge in [-0.2, -0.15) is 0 Å². The standard InChI is InChI=1S/C21H15Cl2NO3/c22-15-11-17(20(26)14-7-3-1-4-8-14)21(18(23)12-15)27-13-19(25)24-16-9-5-2-6-10-16/h1-12H,13H2,(H,24,25). The Labute approximate surface area is 166 Å². The van der Waals surface area contributed by atoms with Crippen LogP contribution in [-0.4, -0.2) is 18.3 Å². The van der Waals surface area contributed by atoms with Gasteiger partial charge in [0.05, 0.1) is 10.6 Å². The summed E-state index contributed by atoms with van der Waals surface area (Å²) in [5, 5.41) is 3.17. The van der Waals surface area contributed by atoms with Crippen molar-refractivity contribution in [1.29, 1.82) is 0 Å². The third kappa shape index (κ3) is 4.88. The molecular weight excluding hydrogens is 385 g/mol. The second kappa shape index (κ2) is 8.71. The summed E-state index contributed by atoms with van der Waals surface area (Å²) in [5.74, 6) is -0.540. The lowest BCUT2D eigenvalue weighted by molar-refractivity contribution is -0.118. The van der Waals surface area contributed by atoms with Crippen LogP contribution < -0.4 is 10.1 Å². The zero-order valence-electron chi connectivity index (χ0n) is 14.1. The van der Waals surface area contributed by atoms with Crippen molar-refractivity contribution in [2.45, 2.75) is 0 Å². The Morgan fingerprint density at radius 1 is 0.889 bits per heavy atom. The smallest absolute Gasteiger partial charge is 0.262 e. The van der Waals surface area contributed by atoms with E-state index in [1.54, 1.807) is 36.4 Å². The van der Waals surface area contributed by atoms with Gasteiger partial charge in [-0.05, 0) is 24.3 Å². The van der Waals surface area contributed by atoms with Gasteiger partial charge in [-0.25, -0.2) is 0 Å². The molecule has 0 atom stereocenters. The Morgan fingerprint density at radius 2 is 1.52 bits per heavy atom. The van der Waals surface area contributed by atoms with Crippen molar-refractivity contribution < 1.29 is 14.3 Å². The average Bonchev–Trinajstić information content (AvgIpc) is 2.67. The van der Waals surface area contributed by atoms with Crippen molar-refractivity contribution in [3.05, 3.63) is 94.0 Å². The zero-order valence-corrected chi connectivity index (χ0v) is 15.6. The van der Waals surface area contributed by atoms with Gasteiger partial charge < -0.3 is 10.1 Å². The summed E-state index contributed by atoms with van der Waals surface area (Å²) < 4.78 is 5.58. The number of para-hydroxylation sites is 1. The molecule has 0 spiro atoms. The second-order valence-corrected chi connectivity index (χ2v) is 6.51. The van der Waals surface area contributed by atoms with E-state index >= 15 is 0 Å². The molecule has 0 radical (unpaired) electrons. The molecule has 0 unspecified atom stereocenters. The van der Waals surface area contributed by atoms with Crippen molar-refractivity contribution in [2.75, 3.05) is 11.9 Å². The van der Waals surface area contributed by atoms with Gasteiger partial charge in [0.1, 0.15) is 5.75 Å². The number of ketones is 1. The SMILES string of the molecule is O=C(COc1c(Cl)cc(Cl)cc1C(=O)c1ccccc1)Nc1ccccc1. The average molecular weight is 400 g/mol. The number of benzene rings is 3. The minimum atomic E-state index is -0.370. The van der Waals surface area contributed by atoms with Crippen LogP contribution in [0.15, 0.2) is 72.8 Å². The van der Waals surface area contributed by atoms with Gasteiger partial charge in [0.25, 0.3) is 5.91 Å². The molecular formula is C21H15Cl2NO3. The number of hydrogen-bond acceptors (Lipinski definition) is 3. The predicted octanol–water partition coefficient (Wildman–Crippen LogP) is 5.24. The first-order chi connectivity index (χ1) is 13.0. The first-order valence-electron chi connectivity index (χ1n) is 8.11. The van der Waals surface area contributed by atoms with E-state index in [0.717, 1.165) is 0 Å². The van der Waals surface area contributed by atoms with Crippen LogP contribution in [0.1, 0.15) is 15.9 Å². The quantitative estimate of drug-likeness (QED) is 0.576. The fourth-order valence-electron chi connectivity index (χ4n) is 2.48. The van der Waals surface area contributed by atoms with Crippen LogP contribution in [-0.2, 0) is 4.79 Å². The third-order valence-electron chi connectivity index (χ3n) is 3.69. The minimum absolute atomic E-state index is 0.123. The number of anilines is 1. The van der Waals surface area contributed by atoms with Crippen molar-refractivity contribution in [3.8, 4) is 5.75 Å². The van der Waals surface area contributed by atoms with Crippen LogP contribution in [0.5, 0.6) is 5.75 Å². The summed E-state index contributed by atoms with van der Waals surface area (Å²) in [6.07, 6.45) is 0. The van der Waals surface area contributed by atoms with Gasteiger partial charge >= 0.3 is 0 Å². The van der Waals surface area contributed by atoms with Gasteiger partial charge in [0, 0.05) is 16.3 Å². The van der Waals surface area contributed by atoms with Gasteiger partial charge in [0.2, 0.25) is 0 Å². The molecule has 0 aliphatic heterocycles. The Bertz CT molecular complexity index is 960. The summed E-state index contributed by atoms with van der Waals surface area (Å²) in [5.41, 5.74) is 1.31. The fraction of sp³-hybridized carbons (Fsp3) is 0.0476. The van der Waals surface area contributed by atoms with E-state index < -0.39 is 0 Å². The number of ether oxygens (including phenoxy) is 1. The number of rotatable bonds is 6. The number of halogens is 2. The number of nitrogens with one attached hydrogen (secondary N) is 1. The van der Waals surface area contributed by atoms with E-state index in [4.69, 9.17) is 27.9 Å². The molecule has 136 valence electrons. The molecule has 4 nitrogen and oxygen atoms in total. The van der Waals surface area contributed by atoms with Crippen LogP contribution in [0, 0.1) is 0 Å². The minimum Gasteiger partial charge on any atom is -0.481 e. The van der Waals surface area contributed by atoms with Crippen LogP contribution in [0.4, 0.5) is 5.69 Å². The van der Waals surface area contributed by atoms with Crippen LogP contribution in [0.25, 0.3) is 0 Å². The molecule has 3 aromatic carbocycles. The lowest BCUT2D eigenvalue weighted by atomic mass is 10.0. The van der Waals surface area contributed by atoms with Crippen molar-refractivity contribution in [1.82, 2.24) is 0 Å². The van der Waals surface area contributed by atoms with E-state index in [0.29, 0.717) is 16.3 Å². The summed E-state index contributed by atoms with van der Waals surface area (Å²) in [6, 6.07) is 20.6. The maximum Gasteiger partial charge on any atom is 0.262 e. The summed E-state index contributed by atoms with van der Waals surface area (Å²) >= 11 is 12.3. The number of amides is 1. The van der Waals surface area contributed by atoms with Crippen molar-refractivity contribution in [3.63, 3.8) is 0 Å². The Hall–Kier alpha value is -2.82. The van der Waals surface area contributed by atoms with Crippen LogP contribution in [0.3, 0.4) is 0 Å². The predicted molar refractivity (Wildman–Crippen MR) is 107 cm³/mol. The monoisotopic (exact) mass is 399 g/mol. The molecule has 0 bridgehead atoms. The second-order valence-electron chi connectivity index (χ2n) is 5.66. The molecule has 0 aliphatic rings. The molecule has 27 heavy (non-hydrogen) atoms. The van der Waals surface area contributed by atoms with Gasteiger partial charge in [0.15, 0.2) is 12.4 Å². The Balaban J connectivity index is 1.80. The largest absolute Gasteiger partial charge is 0.481 e. The fourth-order valence-corrected chi connectivity index (χ4v) is 3.02. The molecule has 1 N–H and O–H groups in total. The van der Waals surface area contributed by atoms with Crippen LogP contribution >= 0.6 is 23.2 Å². The van der Waals surface area contributed by atoms with E-state index in [-0.39, 0.29) is 34.6 Å². The number of carbonyl (C=O) groups excluding carboxylic acids is 2. The lowest BCUT2D eigenvalue weighted by Gasteiger charge is -2.13. The third-order valence-corrected chi connectivity index (χ3v) is 4.19. The molecule has 0 saturated heterocycles. The first-order valence-corrected chi connectivity index (χ1v) is 8.86. The highest BCUT2D eigenvalue weighted by Crippen LogP contribution is 2.34. The van der Waals surface area contributed by atoms with E-state index in [9.17, 15) is 9.59 Å². The Kier molecular flexibility index (Phi) is 6.12. The molecule has 1 amide bonds. The summed E-state index contributed by atoms with van der Waals surface area (Å²) in [7, 11) is 0. The summed E-state index contributed by atoms with van der Waals surface area (Å²) in [6.45, 7) is -0.300. The maximum atomic E-state index is 12.8. The van der Waals surface area contributed by atoms with E-state index in [1.807, 2.05) is 24.3 Å². The van der Waals surface area contributed by atoms with Gasteiger partial charge in [-0.1, -0.05) is 71.7 Å². The van der Waals surface area contributed by atoms with Crippen molar-refractivity contribution >= 4 is 40.6 Å². The summed E-state index contributed by atoms with van der Waals surface area (Å²) in [4.78, 5) is 24.9. The topological polar surface area (TPSA) is 55.4 Å². The highest BCUT2D eigenvalue weighted by Gasteiger charge is 2.19. The molecule has 0 fully saturated rings. The molecule has 3 aromatic rings.